The van der Waals surface area contributed by atoms with Gasteiger partial charge in [-0.3, -0.25) is 4.79 Å². The molecule has 0 radical (unpaired) electrons. The summed E-state index contributed by atoms with van der Waals surface area (Å²) in [5.74, 6) is 0.264. The molecular formula is C13H21ClN2OS. The number of halogens is 1. The van der Waals surface area contributed by atoms with Crippen LogP contribution >= 0.6 is 23.7 Å². The number of nitrogens with one attached hydrogen (secondary N) is 1. The van der Waals surface area contributed by atoms with Crippen LogP contribution in [0.15, 0.2) is 16.8 Å². The minimum absolute atomic E-state index is 0. The van der Waals surface area contributed by atoms with Gasteiger partial charge in [0.15, 0.2) is 0 Å². The molecule has 5 heteroatoms. The van der Waals surface area contributed by atoms with Gasteiger partial charge in [0.1, 0.15) is 0 Å². The maximum atomic E-state index is 12.4. The zero-order valence-electron chi connectivity index (χ0n) is 10.9. The SMILES string of the molecule is CNC1CCCN(C(=O)C(C)c2ccsc2)C1.Cl. The van der Waals surface area contributed by atoms with Gasteiger partial charge in [-0.05, 0) is 49.2 Å². The zero-order chi connectivity index (χ0) is 12.3. The van der Waals surface area contributed by atoms with Crippen LogP contribution in [0.5, 0.6) is 0 Å². The van der Waals surface area contributed by atoms with Gasteiger partial charge in [-0.15, -0.1) is 12.4 Å². The number of amides is 1. The highest BCUT2D eigenvalue weighted by molar-refractivity contribution is 7.08. The van der Waals surface area contributed by atoms with Crippen LogP contribution in [0.1, 0.15) is 31.2 Å². The van der Waals surface area contributed by atoms with Crippen molar-refractivity contribution in [3.8, 4) is 0 Å². The first-order chi connectivity index (χ1) is 8.22. The van der Waals surface area contributed by atoms with E-state index in [-0.39, 0.29) is 24.2 Å². The molecule has 0 aromatic carbocycles. The minimum Gasteiger partial charge on any atom is -0.341 e. The Morgan fingerprint density at radius 2 is 2.39 bits per heavy atom. The Morgan fingerprint density at radius 3 is 3.00 bits per heavy atom. The van der Waals surface area contributed by atoms with E-state index < -0.39 is 0 Å². The molecule has 1 amide bonds. The third kappa shape index (κ3) is 3.46. The Hall–Kier alpha value is -0.580. The second kappa shape index (κ2) is 7.12. The lowest BCUT2D eigenvalue weighted by molar-refractivity contribution is -0.133. The first-order valence-corrected chi connectivity index (χ1v) is 7.14. The molecule has 2 heterocycles. The largest absolute Gasteiger partial charge is 0.341 e. The molecule has 3 nitrogen and oxygen atoms in total. The van der Waals surface area contributed by atoms with E-state index in [1.54, 1.807) is 11.3 Å². The highest BCUT2D eigenvalue weighted by atomic mass is 35.5. The van der Waals surface area contributed by atoms with Crippen LogP contribution in [-0.4, -0.2) is 37.0 Å². The molecule has 1 aromatic heterocycles. The fourth-order valence-corrected chi connectivity index (χ4v) is 3.10. The van der Waals surface area contributed by atoms with Crippen molar-refractivity contribution < 1.29 is 4.79 Å². The average Bonchev–Trinajstić information content (AvgIpc) is 2.91. The van der Waals surface area contributed by atoms with Gasteiger partial charge in [0.2, 0.25) is 5.91 Å². The van der Waals surface area contributed by atoms with E-state index in [4.69, 9.17) is 0 Å². The molecular weight excluding hydrogens is 268 g/mol. The van der Waals surface area contributed by atoms with Crippen molar-refractivity contribution in [3.05, 3.63) is 22.4 Å². The third-order valence-corrected chi connectivity index (χ3v) is 4.26. The van der Waals surface area contributed by atoms with Crippen LogP contribution in [0.25, 0.3) is 0 Å². The van der Waals surface area contributed by atoms with Crippen molar-refractivity contribution in [2.45, 2.75) is 31.7 Å². The molecule has 1 fully saturated rings. The van der Waals surface area contributed by atoms with E-state index >= 15 is 0 Å². The van der Waals surface area contributed by atoms with E-state index in [1.807, 2.05) is 30.3 Å². The molecule has 2 unspecified atom stereocenters. The molecule has 2 atom stereocenters. The Labute approximate surface area is 119 Å². The van der Waals surface area contributed by atoms with E-state index in [9.17, 15) is 4.79 Å². The molecule has 1 aromatic rings. The van der Waals surface area contributed by atoms with Crippen molar-refractivity contribution >= 4 is 29.7 Å². The van der Waals surface area contributed by atoms with Gasteiger partial charge in [0.25, 0.3) is 0 Å². The van der Waals surface area contributed by atoms with Crippen molar-refractivity contribution in [1.82, 2.24) is 10.2 Å². The number of hydrogen-bond donors (Lipinski definition) is 1. The molecule has 0 saturated carbocycles. The van der Waals surface area contributed by atoms with Crippen LogP contribution in [0.2, 0.25) is 0 Å². The molecule has 0 spiro atoms. The summed E-state index contributed by atoms with van der Waals surface area (Å²) in [6.07, 6.45) is 2.28. The summed E-state index contributed by atoms with van der Waals surface area (Å²) in [5.41, 5.74) is 1.14. The van der Waals surface area contributed by atoms with Crippen molar-refractivity contribution in [1.29, 1.82) is 0 Å². The maximum absolute atomic E-state index is 12.4. The molecule has 1 N–H and O–H groups in total. The number of rotatable bonds is 3. The summed E-state index contributed by atoms with van der Waals surface area (Å²) in [7, 11) is 1.97. The number of likely N-dealkylation sites (N-methyl/N-ethyl adjacent to an activating group) is 1. The normalized spacial score (nSPS) is 21.2. The molecule has 0 aliphatic carbocycles. The number of hydrogen-bond acceptors (Lipinski definition) is 3. The minimum atomic E-state index is -0.00291. The first kappa shape index (κ1) is 15.5. The summed E-state index contributed by atoms with van der Waals surface area (Å²) in [5, 5.41) is 7.38. The number of likely N-dealkylation sites (tertiary alicyclic amines) is 1. The Kier molecular flexibility index (Phi) is 6.12. The lowest BCUT2D eigenvalue weighted by Crippen LogP contribution is -2.48. The van der Waals surface area contributed by atoms with E-state index in [0.717, 1.165) is 25.1 Å². The topological polar surface area (TPSA) is 32.3 Å². The van der Waals surface area contributed by atoms with Crippen LogP contribution in [0, 0.1) is 0 Å². The molecule has 1 aliphatic rings. The predicted octanol–water partition coefficient (Wildman–Crippen LogP) is 2.48. The fraction of sp³-hybridized carbons (Fsp3) is 0.615. The van der Waals surface area contributed by atoms with Gasteiger partial charge in [-0.2, -0.15) is 11.3 Å². The number of carbonyl (C=O) groups is 1. The van der Waals surface area contributed by atoms with E-state index in [0.29, 0.717) is 6.04 Å². The number of thiophene rings is 1. The Morgan fingerprint density at radius 1 is 1.61 bits per heavy atom. The summed E-state index contributed by atoms with van der Waals surface area (Å²) >= 11 is 1.65. The van der Waals surface area contributed by atoms with E-state index in [1.165, 1.54) is 6.42 Å². The molecule has 0 bridgehead atoms. The number of carbonyl (C=O) groups excluding carboxylic acids is 1. The highest BCUT2D eigenvalue weighted by Crippen LogP contribution is 2.22. The van der Waals surface area contributed by atoms with Gasteiger partial charge >= 0.3 is 0 Å². The van der Waals surface area contributed by atoms with Gasteiger partial charge in [-0.1, -0.05) is 0 Å². The fourth-order valence-electron chi connectivity index (χ4n) is 2.35. The first-order valence-electron chi connectivity index (χ1n) is 6.20. The van der Waals surface area contributed by atoms with Crippen LogP contribution in [0.3, 0.4) is 0 Å². The van der Waals surface area contributed by atoms with Crippen LogP contribution < -0.4 is 5.32 Å². The van der Waals surface area contributed by atoms with Gasteiger partial charge in [-0.25, -0.2) is 0 Å². The van der Waals surface area contributed by atoms with Crippen LogP contribution in [0.4, 0.5) is 0 Å². The molecule has 102 valence electrons. The standard InChI is InChI=1S/C13H20N2OS.ClH/c1-10(11-5-7-17-9-11)13(16)15-6-3-4-12(8-15)14-2;/h5,7,9-10,12,14H,3-4,6,8H2,1-2H3;1H. The highest BCUT2D eigenvalue weighted by Gasteiger charge is 2.26. The Bertz CT molecular complexity index is 369. The quantitative estimate of drug-likeness (QED) is 0.927. The van der Waals surface area contributed by atoms with Crippen molar-refractivity contribution in [3.63, 3.8) is 0 Å². The lowest BCUT2D eigenvalue weighted by atomic mass is 10.00. The molecule has 2 rings (SSSR count). The summed E-state index contributed by atoms with van der Waals surface area (Å²) < 4.78 is 0. The number of nitrogens with zero attached hydrogens (tertiary/aromatic N) is 1. The second-order valence-corrected chi connectivity index (χ2v) is 5.47. The summed E-state index contributed by atoms with van der Waals surface area (Å²) in [6.45, 7) is 3.77. The average molecular weight is 289 g/mol. The lowest BCUT2D eigenvalue weighted by Gasteiger charge is -2.34. The monoisotopic (exact) mass is 288 g/mol. The third-order valence-electron chi connectivity index (χ3n) is 3.55. The predicted molar refractivity (Wildman–Crippen MR) is 78.6 cm³/mol. The van der Waals surface area contributed by atoms with Crippen LogP contribution in [-0.2, 0) is 4.79 Å². The van der Waals surface area contributed by atoms with Crippen molar-refractivity contribution in [2.24, 2.45) is 0 Å². The Balaban J connectivity index is 0.00000162. The molecule has 18 heavy (non-hydrogen) atoms. The van der Waals surface area contributed by atoms with Gasteiger partial charge in [0.05, 0.1) is 5.92 Å². The molecule has 1 saturated heterocycles. The van der Waals surface area contributed by atoms with Gasteiger partial charge in [0, 0.05) is 19.1 Å². The van der Waals surface area contributed by atoms with E-state index in [2.05, 4.69) is 10.7 Å². The molecule has 1 aliphatic heterocycles. The van der Waals surface area contributed by atoms with Gasteiger partial charge < -0.3 is 10.2 Å². The second-order valence-electron chi connectivity index (χ2n) is 4.69. The maximum Gasteiger partial charge on any atom is 0.229 e. The summed E-state index contributed by atoms with van der Waals surface area (Å²) in [6, 6.07) is 2.51. The number of piperidine rings is 1. The van der Waals surface area contributed by atoms with Crippen molar-refractivity contribution in [2.75, 3.05) is 20.1 Å². The smallest absolute Gasteiger partial charge is 0.229 e. The summed E-state index contributed by atoms with van der Waals surface area (Å²) in [4.78, 5) is 14.4. The zero-order valence-corrected chi connectivity index (χ0v) is 12.5.